The fourth-order valence-corrected chi connectivity index (χ4v) is 3.37. The van der Waals surface area contributed by atoms with E-state index in [2.05, 4.69) is 5.32 Å². The molecular formula is C17H20N2O5. The van der Waals surface area contributed by atoms with Gasteiger partial charge in [-0.15, -0.1) is 0 Å². The van der Waals surface area contributed by atoms with Gasteiger partial charge in [0.2, 0.25) is 5.91 Å². The average molecular weight is 332 g/mol. The van der Waals surface area contributed by atoms with Crippen molar-refractivity contribution in [2.24, 2.45) is 0 Å². The van der Waals surface area contributed by atoms with Crippen molar-refractivity contribution in [3.63, 3.8) is 0 Å². The second-order valence-corrected chi connectivity index (χ2v) is 6.26. The number of rotatable bonds is 1. The highest BCUT2D eigenvalue weighted by Gasteiger charge is 2.40. The smallest absolute Gasteiger partial charge is 0.253 e. The van der Waals surface area contributed by atoms with E-state index >= 15 is 0 Å². The van der Waals surface area contributed by atoms with E-state index in [0.717, 1.165) is 0 Å². The molecule has 1 aromatic rings. The molecule has 0 radical (unpaired) electrons. The van der Waals surface area contributed by atoms with Crippen molar-refractivity contribution in [2.75, 3.05) is 38.2 Å². The second-order valence-electron chi connectivity index (χ2n) is 6.26. The first-order chi connectivity index (χ1) is 11.7. The van der Waals surface area contributed by atoms with E-state index in [1.807, 2.05) is 0 Å². The van der Waals surface area contributed by atoms with Gasteiger partial charge >= 0.3 is 0 Å². The quantitative estimate of drug-likeness (QED) is 0.841. The van der Waals surface area contributed by atoms with Gasteiger partial charge < -0.3 is 24.4 Å². The molecular weight excluding hydrogens is 312 g/mol. The summed E-state index contributed by atoms with van der Waals surface area (Å²) in [7, 11) is 0. The van der Waals surface area contributed by atoms with Gasteiger partial charge in [0.15, 0.2) is 5.79 Å². The molecule has 0 atom stereocenters. The van der Waals surface area contributed by atoms with Gasteiger partial charge in [-0.2, -0.15) is 0 Å². The van der Waals surface area contributed by atoms with Gasteiger partial charge in [0.25, 0.3) is 5.91 Å². The second kappa shape index (κ2) is 6.07. The van der Waals surface area contributed by atoms with Crippen LogP contribution in [-0.4, -0.2) is 55.4 Å². The van der Waals surface area contributed by atoms with E-state index in [-0.39, 0.29) is 11.8 Å². The van der Waals surface area contributed by atoms with Gasteiger partial charge in [-0.1, -0.05) is 0 Å². The van der Waals surface area contributed by atoms with Crippen LogP contribution in [0.15, 0.2) is 18.2 Å². The zero-order valence-electron chi connectivity index (χ0n) is 13.4. The lowest BCUT2D eigenvalue weighted by Gasteiger charge is -2.37. The molecule has 7 nitrogen and oxygen atoms in total. The Balaban J connectivity index is 1.48. The molecule has 0 aromatic heterocycles. The molecule has 2 amide bonds. The summed E-state index contributed by atoms with van der Waals surface area (Å²) in [4.78, 5) is 26.2. The van der Waals surface area contributed by atoms with E-state index < -0.39 is 5.79 Å². The molecule has 0 unspecified atom stereocenters. The molecule has 1 aromatic carbocycles. The van der Waals surface area contributed by atoms with Crippen molar-refractivity contribution in [3.05, 3.63) is 23.8 Å². The summed E-state index contributed by atoms with van der Waals surface area (Å²) in [6.45, 7) is 2.79. The van der Waals surface area contributed by atoms with E-state index in [0.29, 0.717) is 69.2 Å². The van der Waals surface area contributed by atoms with Crippen LogP contribution in [0, 0.1) is 0 Å². The normalized spacial score (nSPS) is 22.5. The van der Waals surface area contributed by atoms with Crippen molar-refractivity contribution >= 4 is 17.5 Å². The number of amides is 2. The number of piperidine rings is 1. The summed E-state index contributed by atoms with van der Waals surface area (Å²) < 4.78 is 16.9. The number of likely N-dealkylation sites (tertiary alicyclic amines) is 1. The van der Waals surface area contributed by atoms with Crippen molar-refractivity contribution in [3.8, 4) is 5.75 Å². The minimum Gasteiger partial charge on any atom is -0.491 e. The number of anilines is 1. The van der Waals surface area contributed by atoms with E-state index in [1.165, 1.54) is 0 Å². The Labute approximate surface area is 139 Å². The zero-order valence-corrected chi connectivity index (χ0v) is 13.4. The van der Waals surface area contributed by atoms with E-state index in [4.69, 9.17) is 14.2 Å². The molecule has 1 spiro atoms. The number of fused-ring (bicyclic) bond motifs is 1. The van der Waals surface area contributed by atoms with Crippen molar-refractivity contribution in [1.82, 2.24) is 4.90 Å². The van der Waals surface area contributed by atoms with Crippen LogP contribution >= 0.6 is 0 Å². The number of hydrogen-bond acceptors (Lipinski definition) is 5. The molecule has 3 aliphatic rings. The summed E-state index contributed by atoms with van der Waals surface area (Å²) in [5, 5.41) is 2.79. The number of nitrogens with zero attached hydrogens (tertiary/aromatic N) is 1. The summed E-state index contributed by atoms with van der Waals surface area (Å²) in [5.74, 6) is -0.0486. The molecule has 3 heterocycles. The average Bonchev–Trinajstić information content (AvgIpc) is 2.95. The third kappa shape index (κ3) is 2.85. The van der Waals surface area contributed by atoms with Gasteiger partial charge in [0.05, 0.1) is 31.9 Å². The van der Waals surface area contributed by atoms with Crippen LogP contribution in [0.3, 0.4) is 0 Å². The third-order valence-electron chi connectivity index (χ3n) is 4.71. The highest BCUT2D eigenvalue weighted by Crippen LogP contribution is 2.33. The predicted octanol–water partition coefficient (Wildman–Crippen LogP) is 1.39. The number of ether oxygens (including phenoxy) is 3. The lowest BCUT2D eigenvalue weighted by Crippen LogP contribution is -2.47. The van der Waals surface area contributed by atoms with Gasteiger partial charge in [0, 0.05) is 31.5 Å². The Kier molecular flexibility index (Phi) is 3.90. The monoisotopic (exact) mass is 332 g/mol. The Morgan fingerprint density at radius 1 is 1.12 bits per heavy atom. The van der Waals surface area contributed by atoms with Crippen LogP contribution in [0.4, 0.5) is 5.69 Å². The maximum Gasteiger partial charge on any atom is 0.253 e. The predicted molar refractivity (Wildman–Crippen MR) is 85.0 cm³/mol. The zero-order chi connectivity index (χ0) is 16.6. The fourth-order valence-electron chi connectivity index (χ4n) is 3.37. The summed E-state index contributed by atoms with van der Waals surface area (Å²) in [6.07, 6.45) is 1.68. The van der Waals surface area contributed by atoms with Gasteiger partial charge in [0.1, 0.15) is 5.75 Å². The molecule has 0 aliphatic carbocycles. The van der Waals surface area contributed by atoms with Gasteiger partial charge in [-0.25, -0.2) is 0 Å². The topological polar surface area (TPSA) is 77.1 Å². The Morgan fingerprint density at radius 2 is 1.88 bits per heavy atom. The molecule has 0 saturated carbocycles. The molecule has 2 fully saturated rings. The summed E-state index contributed by atoms with van der Waals surface area (Å²) in [6, 6.07) is 5.17. The van der Waals surface area contributed by atoms with Crippen molar-refractivity contribution in [2.45, 2.75) is 25.0 Å². The van der Waals surface area contributed by atoms with Crippen LogP contribution < -0.4 is 10.1 Å². The number of hydrogen-bond donors (Lipinski definition) is 1. The molecule has 3 aliphatic heterocycles. The first-order valence-electron chi connectivity index (χ1n) is 8.29. The lowest BCUT2D eigenvalue weighted by atomic mass is 10.0. The third-order valence-corrected chi connectivity index (χ3v) is 4.71. The van der Waals surface area contributed by atoms with Crippen molar-refractivity contribution in [1.29, 1.82) is 0 Å². The Bertz CT molecular complexity index is 659. The number of benzene rings is 1. The van der Waals surface area contributed by atoms with Crippen LogP contribution in [-0.2, 0) is 14.3 Å². The van der Waals surface area contributed by atoms with E-state index in [1.54, 1.807) is 23.1 Å². The minimum atomic E-state index is -0.494. The molecule has 4 rings (SSSR count). The largest absolute Gasteiger partial charge is 0.491 e. The maximum atomic E-state index is 12.7. The standard InChI is InChI=1S/C17H20N2O5/c20-15-3-8-22-14-2-1-12(11-13(14)18-15)16(21)19-6-4-17(5-7-19)23-9-10-24-17/h1-2,11H,3-10H2,(H,18,20). The first-order valence-corrected chi connectivity index (χ1v) is 8.29. The lowest BCUT2D eigenvalue weighted by molar-refractivity contribution is -0.181. The van der Waals surface area contributed by atoms with E-state index in [9.17, 15) is 9.59 Å². The minimum absolute atomic E-state index is 0.0517. The van der Waals surface area contributed by atoms with Gasteiger partial charge in [-0.05, 0) is 18.2 Å². The number of carbonyl (C=O) groups excluding carboxylic acids is 2. The SMILES string of the molecule is O=C1CCOc2ccc(C(=O)N3CCC4(CC3)OCCO4)cc2N1. The highest BCUT2D eigenvalue weighted by molar-refractivity contribution is 5.98. The highest BCUT2D eigenvalue weighted by atomic mass is 16.7. The number of nitrogens with one attached hydrogen (secondary N) is 1. The first kappa shape index (κ1) is 15.4. The molecule has 1 N–H and O–H groups in total. The molecule has 2 saturated heterocycles. The summed E-state index contributed by atoms with van der Waals surface area (Å²) >= 11 is 0. The molecule has 7 heteroatoms. The Morgan fingerprint density at radius 3 is 2.62 bits per heavy atom. The van der Waals surface area contributed by atoms with Crippen molar-refractivity contribution < 1.29 is 23.8 Å². The van der Waals surface area contributed by atoms with Crippen LogP contribution in [0.1, 0.15) is 29.6 Å². The van der Waals surface area contributed by atoms with Crippen LogP contribution in [0.5, 0.6) is 5.75 Å². The summed E-state index contributed by atoms with van der Waals surface area (Å²) in [5.41, 5.74) is 1.10. The maximum absolute atomic E-state index is 12.7. The number of carbonyl (C=O) groups is 2. The van der Waals surface area contributed by atoms with Gasteiger partial charge in [-0.3, -0.25) is 9.59 Å². The van der Waals surface area contributed by atoms with Crippen LogP contribution in [0.2, 0.25) is 0 Å². The van der Waals surface area contributed by atoms with Crippen LogP contribution in [0.25, 0.3) is 0 Å². The molecule has 0 bridgehead atoms. The Hall–Kier alpha value is -2.12. The molecule has 128 valence electrons. The fraction of sp³-hybridized carbons (Fsp3) is 0.529. The molecule has 24 heavy (non-hydrogen) atoms.